The van der Waals surface area contributed by atoms with Gasteiger partial charge in [-0.25, -0.2) is 0 Å². The number of fused-ring (bicyclic) bond motifs is 1. The Morgan fingerprint density at radius 3 is 2.48 bits per heavy atom. The van der Waals surface area contributed by atoms with Crippen LogP contribution in [0.5, 0.6) is 5.75 Å². The van der Waals surface area contributed by atoms with Gasteiger partial charge in [0.25, 0.3) is 5.91 Å². The van der Waals surface area contributed by atoms with E-state index in [4.69, 9.17) is 4.74 Å². The zero-order chi connectivity index (χ0) is 20.4. The van der Waals surface area contributed by atoms with Crippen molar-refractivity contribution in [1.82, 2.24) is 4.90 Å². The number of nitrogens with zero attached hydrogens (tertiary/aromatic N) is 3. The van der Waals surface area contributed by atoms with E-state index in [0.29, 0.717) is 31.8 Å². The predicted molar refractivity (Wildman–Crippen MR) is 114 cm³/mol. The van der Waals surface area contributed by atoms with Crippen molar-refractivity contribution in [3.63, 3.8) is 0 Å². The lowest BCUT2D eigenvalue weighted by Gasteiger charge is -2.37. The van der Waals surface area contributed by atoms with Gasteiger partial charge in [0.05, 0.1) is 5.69 Å². The number of aryl methyl sites for hydroxylation is 1. The van der Waals surface area contributed by atoms with Crippen molar-refractivity contribution in [3.8, 4) is 5.75 Å². The number of rotatable bonds is 4. The molecule has 1 saturated heterocycles. The average molecular weight is 393 g/mol. The number of amides is 2. The zero-order valence-electron chi connectivity index (χ0n) is 17.1. The number of anilines is 2. The number of carbonyl (C=O) groups excluding carboxylic acids is 2. The molecule has 0 unspecified atom stereocenters. The summed E-state index contributed by atoms with van der Waals surface area (Å²) in [7, 11) is 0. The van der Waals surface area contributed by atoms with Crippen molar-refractivity contribution in [2.45, 2.75) is 20.3 Å². The van der Waals surface area contributed by atoms with Gasteiger partial charge in [0.2, 0.25) is 5.91 Å². The van der Waals surface area contributed by atoms with E-state index in [1.54, 1.807) is 4.90 Å². The highest BCUT2D eigenvalue weighted by Crippen LogP contribution is 2.31. The quantitative estimate of drug-likeness (QED) is 0.802. The van der Waals surface area contributed by atoms with E-state index < -0.39 is 0 Å². The molecule has 2 aliphatic rings. The van der Waals surface area contributed by atoms with Crippen molar-refractivity contribution >= 4 is 23.2 Å². The molecule has 6 nitrogen and oxygen atoms in total. The van der Waals surface area contributed by atoms with Gasteiger partial charge < -0.3 is 19.4 Å². The SMILES string of the molecule is Cc1cccc(N2CCN(C(=O)CCN3C(=O)COc4ccccc43)CC2)c1C. The van der Waals surface area contributed by atoms with Gasteiger partial charge >= 0.3 is 0 Å². The van der Waals surface area contributed by atoms with Crippen LogP contribution in [0.4, 0.5) is 11.4 Å². The van der Waals surface area contributed by atoms with Crippen molar-refractivity contribution in [1.29, 1.82) is 0 Å². The Kier molecular flexibility index (Phi) is 5.43. The molecule has 0 N–H and O–H groups in total. The van der Waals surface area contributed by atoms with Crippen molar-refractivity contribution in [2.24, 2.45) is 0 Å². The van der Waals surface area contributed by atoms with Crippen LogP contribution >= 0.6 is 0 Å². The lowest BCUT2D eigenvalue weighted by Crippen LogP contribution is -2.50. The smallest absolute Gasteiger partial charge is 0.265 e. The summed E-state index contributed by atoms with van der Waals surface area (Å²) in [5.41, 5.74) is 4.59. The van der Waals surface area contributed by atoms with Crippen molar-refractivity contribution in [2.75, 3.05) is 49.1 Å². The maximum absolute atomic E-state index is 12.8. The molecule has 4 rings (SSSR count). The first-order valence-electron chi connectivity index (χ1n) is 10.2. The summed E-state index contributed by atoms with van der Waals surface area (Å²) in [6.07, 6.45) is 0.323. The fourth-order valence-electron chi connectivity index (χ4n) is 4.04. The van der Waals surface area contributed by atoms with E-state index in [1.165, 1.54) is 16.8 Å². The average Bonchev–Trinajstić information content (AvgIpc) is 2.75. The molecule has 2 aromatic rings. The normalized spacial score (nSPS) is 16.5. The Morgan fingerprint density at radius 2 is 1.69 bits per heavy atom. The Bertz CT molecular complexity index is 919. The van der Waals surface area contributed by atoms with Crippen LogP contribution in [0, 0.1) is 13.8 Å². The molecule has 1 fully saturated rings. The third-order valence-corrected chi connectivity index (χ3v) is 5.91. The molecule has 0 bridgehead atoms. The molecule has 2 aromatic carbocycles. The van der Waals surface area contributed by atoms with E-state index in [1.807, 2.05) is 29.2 Å². The molecule has 0 saturated carbocycles. The van der Waals surface area contributed by atoms with Gasteiger partial charge in [-0.3, -0.25) is 9.59 Å². The first kappa shape index (κ1) is 19.3. The fourth-order valence-corrected chi connectivity index (χ4v) is 4.04. The Labute approximate surface area is 171 Å². The number of benzene rings is 2. The minimum atomic E-state index is -0.101. The van der Waals surface area contributed by atoms with Crippen LogP contribution in [0.2, 0.25) is 0 Å². The van der Waals surface area contributed by atoms with Gasteiger partial charge in [-0.15, -0.1) is 0 Å². The van der Waals surface area contributed by atoms with Gasteiger partial charge in [-0.2, -0.15) is 0 Å². The topological polar surface area (TPSA) is 53.1 Å². The summed E-state index contributed by atoms with van der Waals surface area (Å²) < 4.78 is 5.47. The van der Waals surface area contributed by atoms with E-state index >= 15 is 0 Å². The summed E-state index contributed by atoms with van der Waals surface area (Å²) in [6.45, 7) is 7.77. The number of ether oxygens (including phenoxy) is 1. The lowest BCUT2D eigenvalue weighted by atomic mass is 10.1. The van der Waals surface area contributed by atoms with Crippen LogP contribution in [-0.4, -0.2) is 56.0 Å². The molecule has 0 aliphatic carbocycles. The Morgan fingerprint density at radius 1 is 0.966 bits per heavy atom. The molecule has 0 aromatic heterocycles. The maximum Gasteiger partial charge on any atom is 0.265 e. The summed E-state index contributed by atoms with van der Waals surface area (Å²) in [5.74, 6) is 0.695. The van der Waals surface area contributed by atoms with Crippen LogP contribution in [0.25, 0.3) is 0 Å². The highest BCUT2D eigenvalue weighted by Gasteiger charge is 2.27. The number of hydrogen-bond acceptors (Lipinski definition) is 4. The zero-order valence-corrected chi connectivity index (χ0v) is 17.1. The van der Waals surface area contributed by atoms with Crippen molar-refractivity contribution < 1.29 is 14.3 Å². The van der Waals surface area contributed by atoms with E-state index in [2.05, 4.69) is 36.9 Å². The number of carbonyl (C=O) groups is 2. The number of piperazine rings is 1. The van der Waals surface area contributed by atoms with Crippen molar-refractivity contribution in [3.05, 3.63) is 53.6 Å². The van der Waals surface area contributed by atoms with E-state index in [9.17, 15) is 9.59 Å². The largest absolute Gasteiger partial charge is 0.482 e. The third-order valence-electron chi connectivity index (χ3n) is 5.91. The van der Waals surface area contributed by atoms with Crippen LogP contribution in [0.3, 0.4) is 0 Å². The molecular weight excluding hydrogens is 366 g/mol. The molecule has 2 heterocycles. The lowest BCUT2D eigenvalue weighted by molar-refractivity contribution is -0.131. The molecule has 29 heavy (non-hydrogen) atoms. The van der Waals surface area contributed by atoms with Crippen LogP contribution in [0.15, 0.2) is 42.5 Å². The van der Waals surface area contributed by atoms with E-state index in [0.717, 1.165) is 18.8 Å². The first-order valence-corrected chi connectivity index (χ1v) is 10.2. The number of hydrogen-bond donors (Lipinski definition) is 0. The molecule has 0 atom stereocenters. The standard InChI is InChI=1S/C23H27N3O3/c1-17-6-5-8-19(18(17)2)24-12-14-25(15-13-24)22(27)10-11-26-20-7-3-4-9-21(20)29-16-23(26)28/h3-9H,10-16H2,1-2H3. The van der Waals surface area contributed by atoms with Crippen LogP contribution < -0.4 is 14.5 Å². The minimum Gasteiger partial charge on any atom is -0.482 e. The molecule has 2 amide bonds. The van der Waals surface area contributed by atoms with Gasteiger partial charge in [0.1, 0.15) is 5.75 Å². The van der Waals surface area contributed by atoms with Crippen LogP contribution in [-0.2, 0) is 9.59 Å². The molecule has 152 valence electrons. The predicted octanol–water partition coefficient (Wildman–Crippen LogP) is 2.77. The molecule has 0 spiro atoms. The molecule has 6 heteroatoms. The molecule has 2 aliphatic heterocycles. The van der Waals surface area contributed by atoms with Gasteiger partial charge in [0.15, 0.2) is 6.61 Å². The second-order valence-corrected chi connectivity index (χ2v) is 7.64. The van der Waals surface area contributed by atoms with Gasteiger partial charge in [-0.05, 0) is 43.2 Å². The van der Waals surface area contributed by atoms with E-state index in [-0.39, 0.29) is 18.4 Å². The summed E-state index contributed by atoms with van der Waals surface area (Å²) in [6, 6.07) is 13.8. The molecule has 0 radical (unpaired) electrons. The first-order chi connectivity index (χ1) is 14.0. The van der Waals surface area contributed by atoms with Crippen LogP contribution in [0.1, 0.15) is 17.5 Å². The van der Waals surface area contributed by atoms with Gasteiger partial charge in [-0.1, -0.05) is 24.3 Å². The fraction of sp³-hybridized carbons (Fsp3) is 0.391. The number of para-hydroxylation sites is 2. The highest BCUT2D eigenvalue weighted by molar-refractivity contribution is 5.98. The summed E-state index contributed by atoms with van der Waals surface area (Å²) in [5, 5.41) is 0. The second kappa shape index (κ2) is 8.15. The molecular formula is C23H27N3O3. The summed E-state index contributed by atoms with van der Waals surface area (Å²) >= 11 is 0. The monoisotopic (exact) mass is 393 g/mol. The Hall–Kier alpha value is -3.02. The maximum atomic E-state index is 12.8. The van der Waals surface area contributed by atoms with Gasteiger partial charge in [0, 0.05) is 44.8 Å². The second-order valence-electron chi connectivity index (χ2n) is 7.64. The summed E-state index contributed by atoms with van der Waals surface area (Å²) in [4.78, 5) is 31.0. The minimum absolute atomic E-state index is 0.0275. The third kappa shape index (κ3) is 3.92. The Balaban J connectivity index is 1.34. The highest BCUT2D eigenvalue weighted by atomic mass is 16.5.